The normalized spacial score (nSPS) is 24.7. The highest BCUT2D eigenvalue weighted by Crippen LogP contribution is 2.35. The number of aromatic nitrogens is 2. The second-order valence-corrected chi connectivity index (χ2v) is 8.29. The van der Waals surface area contributed by atoms with Crippen molar-refractivity contribution >= 4 is 11.7 Å². The van der Waals surface area contributed by atoms with Crippen LogP contribution in [0.25, 0.3) is 0 Å². The lowest BCUT2D eigenvalue weighted by atomic mass is 9.80. The summed E-state index contributed by atoms with van der Waals surface area (Å²) in [5, 5.41) is 11.6. The highest BCUT2D eigenvalue weighted by atomic mass is 16.2. The Hall–Kier alpha value is -1.69. The van der Waals surface area contributed by atoms with Crippen molar-refractivity contribution in [3.8, 4) is 0 Å². The van der Waals surface area contributed by atoms with Crippen LogP contribution in [-0.4, -0.2) is 59.8 Å². The van der Waals surface area contributed by atoms with Crippen molar-refractivity contribution < 1.29 is 4.79 Å². The lowest BCUT2D eigenvalue weighted by Gasteiger charge is -2.35. The summed E-state index contributed by atoms with van der Waals surface area (Å²) in [4.78, 5) is 16.4. The van der Waals surface area contributed by atoms with Crippen molar-refractivity contribution in [2.75, 3.05) is 37.6 Å². The molecule has 2 fully saturated rings. The molecule has 1 aromatic heterocycles. The molecule has 1 N–H and O–H groups in total. The molecule has 26 heavy (non-hydrogen) atoms. The predicted octanol–water partition coefficient (Wildman–Crippen LogP) is 2.42. The highest BCUT2D eigenvalue weighted by molar-refractivity contribution is 5.78. The first kappa shape index (κ1) is 19.1. The lowest BCUT2D eigenvalue weighted by molar-refractivity contribution is -0.122. The molecular formula is C20H33N5O. The summed E-state index contributed by atoms with van der Waals surface area (Å²) in [6.45, 7) is 10.4. The van der Waals surface area contributed by atoms with Crippen LogP contribution in [0.1, 0.15) is 57.9 Å². The summed E-state index contributed by atoms with van der Waals surface area (Å²) in [5.41, 5.74) is 1.35. The van der Waals surface area contributed by atoms with Gasteiger partial charge in [0.05, 0.1) is 12.7 Å². The molecule has 2 aliphatic rings. The number of piperazine rings is 1. The monoisotopic (exact) mass is 359 g/mol. The molecule has 0 unspecified atom stereocenters. The molecule has 2 heterocycles. The SMILES string of the molecule is CC1CCC(c2cnnc(N3CCN(CC(=O)NC(C)C)CC3)c2)CC1. The van der Waals surface area contributed by atoms with Crippen LogP contribution in [0.5, 0.6) is 0 Å². The van der Waals surface area contributed by atoms with Gasteiger partial charge in [-0.3, -0.25) is 9.69 Å². The maximum absolute atomic E-state index is 11.9. The van der Waals surface area contributed by atoms with E-state index in [1.807, 2.05) is 20.0 Å². The highest BCUT2D eigenvalue weighted by Gasteiger charge is 2.23. The van der Waals surface area contributed by atoms with Crippen LogP contribution in [0, 0.1) is 5.92 Å². The van der Waals surface area contributed by atoms with Crippen LogP contribution in [0.2, 0.25) is 0 Å². The van der Waals surface area contributed by atoms with Crippen LogP contribution in [0.15, 0.2) is 12.3 Å². The lowest BCUT2D eigenvalue weighted by Crippen LogP contribution is -2.50. The van der Waals surface area contributed by atoms with E-state index in [0.717, 1.165) is 37.9 Å². The van der Waals surface area contributed by atoms with E-state index in [1.165, 1.54) is 31.2 Å². The number of rotatable bonds is 5. The Balaban J connectivity index is 1.53. The van der Waals surface area contributed by atoms with Gasteiger partial charge >= 0.3 is 0 Å². The third kappa shape index (κ3) is 5.16. The van der Waals surface area contributed by atoms with Gasteiger partial charge < -0.3 is 10.2 Å². The first-order valence-electron chi connectivity index (χ1n) is 10.1. The number of nitrogens with zero attached hydrogens (tertiary/aromatic N) is 4. The Morgan fingerprint density at radius 3 is 2.54 bits per heavy atom. The smallest absolute Gasteiger partial charge is 0.234 e. The standard InChI is InChI=1S/C20H33N5O/c1-15(2)22-20(26)14-24-8-10-25(11-9-24)19-12-18(13-21-23-19)17-6-4-16(3)5-7-17/h12-13,15-17H,4-11,14H2,1-3H3,(H,22,26). The van der Waals surface area contributed by atoms with Gasteiger partial charge in [-0.15, -0.1) is 5.10 Å². The Bertz CT molecular complexity index is 590. The van der Waals surface area contributed by atoms with Gasteiger partial charge in [0, 0.05) is 32.2 Å². The average Bonchev–Trinajstić information content (AvgIpc) is 2.62. The third-order valence-electron chi connectivity index (χ3n) is 5.66. The van der Waals surface area contributed by atoms with E-state index in [2.05, 4.69) is 38.3 Å². The fourth-order valence-electron chi connectivity index (χ4n) is 4.05. The second-order valence-electron chi connectivity index (χ2n) is 8.29. The predicted molar refractivity (Wildman–Crippen MR) is 104 cm³/mol. The second kappa shape index (κ2) is 8.80. The van der Waals surface area contributed by atoms with E-state index in [4.69, 9.17) is 0 Å². The molecule has 0 aromatic carbocycles. The molecule has 1 aliphatic heterocycles. The van der Waals surface area contributed by atoms with E-state index >= 15 is 0 Å². The van der Waals surface area contributed by atoms with Crippen LogP contribution < -0.4 is 10.2 Å². The Morgan fingerprint density at radius 2 is 1.88 bits per heavy atom. The summed E-state index contributed by atoms with van der Waals surface area (Å²) in [7, 11) is 0. The molecule has 6 nitrogen and oxygen atoms in total. The summed E-state index contributed by atoms with van der Waals surface area (Å²) in [6.07, 6.45) is 7.13. The van der Waals surface area contributed by atoms with Crippen LogP contribution >= 0.6 is 0 Å². The number of amides is 1. The molecule has 0 atom stereocenters. The number of carbonyl (C=O) groups is 1. The molecule has 1 saturated carbocycles. The molecule has 144 valence electrons. The summed E-state index contributed by atoms with van der Waals surface area (Å²) in [6, 6.07) is 2.44. The topological polar surface area (TPSA) is 61.4 Å². The first-order chi connectivity index (χ1) is 12.5. The summed E-state index contributed by atoms with van der Waals surface area (Å²) >= 11 is 0. The largest absolute Gasteiger partial charge is 0.353 e. The van der Waals surface area contributed by atoms with Crippen LogP contribution in [0.4, 0.5) is 5.82 Å². The van der Waals surface area contributed by atoms with Gasteiger partial charge in [-0.25, -0.2) is 0 Å². The van der Waals surface area contributed by atoms with Crippen LogP contribution in [-0.2, 0) is 4.79 Å². The van der Waals surface area contributed by atoms with Gasteiger partial charge in [0.2, 0.25) is 5.91 Å². The van der Waals surface area contributed by atoms with E-state index in [9.17, 15) is 4.79 Å². The van der Waals surface area contributed by atoms with Gasteiger partial charge in [0.1, 0.15) is 0 Å². The zero-order chi connectivity index (χ0) is 18.5. The number of hydrogen-bond donors (Lipinski definition) is 1. The van der Waals surface area contributed by atoms with Crippen LogP contribution in [0.3, 0.4) is 0 Å². The van der Waals surface area contributed by atoms with E-state index in [0.29, 0.717) is 12.5 Å². The number of anilines is 1. The van der Waals surface area contributed by atoms with Gasteiger partial charge in [-0.2, -0.15) is 5.10 Å². The van der Waals surface area contributed by atoms with E-state index in [1.54, 1.807) is 0 Å². The van der Waals surface area contributed by atoms with Gasteiger partial charge in [0.15, 0.2) is 5.82 Å². The van der Waals surface area contributed by atoms with E-state index in [-0.39, 0.29) is 11.9 Å². The van der Waals surface area contributed by atoms with Crippen molar-refractivity contribution in [1.82, 2.24) is 20.4 Å². The zero-order valence-corrected chi connectivity index (χ0v) is 16.4. The third-order valence-corrected chi connectivity index (χ3v) is 5.66. The minimum atomic E-state index is 0.113. The minimum Gasteiger partial charge on any atom is -0.353 e. The minimum absolute atomic E-state index is 0.113. The molecule has 3 rings (SSSR count). The molecular weight excluding hydrogens is 326 g/mol. The molecule has 0 radical (unpaired) electrons. The molecule has 6 heteroatoms. The maximum Gasteiger partial charge on any atom is 0.234 e. The zero-order valence-electron chi connectivity index (χ0n) is 16.4. The van der Waals surface area contributed by atoms with Crippen molar-refractivity contribution in [3.63, 3.8) is 0 Å². The Labute approximate surface area is 157 Å². The maximum atomic E-state index is 11.9. The number of nitrogens with one attached hydrogen (secondary N) is 1. The molecule has 0 bridgehead atoms. The quantitative estimate of drug-likeness (QED) is 0.875. The Morgan fingerprint density at radius 1 is 1.19 bits per heavy atom. The summed E-state index contributed by atoms with van der Waals surface area (Å²) in [5.74, 6) is 2.61. The fourth-order valence-corrected chi connectivity index (χ4v) is 4.05. The molecule has 0 spiro atoms. The van der Waals surface area contributed by atoms with Crippen molar-refractivity contribution in [2.45, 2.75) is 58.4 Å². The molecule has 1 amide bonds. The van der Waals surface area contributed by atoms with E-state index < -0.39 is 0 Å². The Kier molecular flexibility index (Phi) is 6.46. The van der Waals surface area contributed by atoms with Gasteiger partial charge in [0.25, 0.3) is 0 Å². The van der Waals surface area contributed by atoms with Crippen molar-refractivity contribution in [3.05, 3.63) is 17.8 Å². The summed E-state index contributed by atoms with van der Waals surface area (Å²) < 4.78 is 0. The first-order valence-corrected chi connectivity index (χ1v) is 10.1. The van der Waals surface area contributed by atoms with Gasteiger partial charge in [-0.1, -0.05) is 19.8 Å². The fraction of sp³-hybridized carbons (Fsp3) is 0.750. The van der Waals surface area contributed by atoms with Crippen molar-refractivity contribution in [2.24, 2.45) is 5.92 Å². The molecule has 1 aliphatic carbocycles. The molecule has 1 saturated heterocycles. The average molecular weight is 360 g/mol. The number of hydrogen-bond acceptors (Lipinski definition) is 5. The molecule has 1 aromatic rings. The van der Waals surface area contributed by atoms with Crippen molar-refractivity contribution in [1.29, 1.82) is 0 Å². The number of carbonyl (C=O) groups excluding carboxylic acids is 1. The van der Waals surface area contributed by atoms with Gasteiger partial charge in [-0.05, 0) is 50.2 Å².